The molecule has 0 amide bonds. The summed E-state index contributed by atoms with van der Waals surface area (Å²) in [6, 6.07) is 6.42. The smallest absolute Gasteiger partial charge is 0.258 e. The van der Waals surface area contributed by atoms with E-state index in [-0.39, 0.29) is 5.56 Å². The molecule has 4 rings (SSSR count). The monoisotopic (exact) mass is 476 g/mol. The number of anilines is 1. The molecule has 2 N–H and O–H groups in total. The Kier molecular flexibility index (Phi) is 7.60. The Hall–Kier alpha value is -1.57. The zero-order chi connectivity index (χ0) is 21.0. The maximum atomic E-state index is 12.5. The van der Waals surface area contributed by atoms with Crippen LogP contribution in [0.15, 0.2) is 33.7 Å². The number of fused-ring (bicyclic) bond motifs is 3. The molecule has 7 heteroatoms. The van der Waals surface area contributed by atoms with Gasteiger partial charge in [-0.25, -0.2) is 9.29 Å². The van der Waals surface area contributed by atoms with Gasteiger partial charge in [0.15, 0.2) is 0 Å². The number of piperidine rings is 1. The van der Waals surface area contributed by atoms with Crippen molar-refractivity contribution in [1.29, 1.82) is 0 Å². The number of H-pyrrole nitrogens is 1. The van der Waals surface area contributed by atoms with Crippen LogP contribution in [0.5, 0.6) is 0 Å². The maximum absolute atomic E-state index is 12.5. The lowest BCUT2D eigenvalue weighted by atomic mass is 10.0. The lowest BCUT2D eigenvalue weighted by Crippen LogP contribution is -2.38. The summed E-state index contributed by atoms with van der Waals surface area (Å²) in [5.74, 6) is 1.96. The maximum Gasteiger partial charge on any atom is 0.258 e. The van der Waals surface area contributed by atoms with Crippen LogP contribution < -0.4 is 10.9 Å². The Bertz CT molecular complexity index is 1050. The van der Waals surface area contributed by atoms with Gasteiger partial charge in [-0.2, -0.15) is 0 Å². The third-order valence-electron chi connectivity index (χ3n) is 5.02. The molecule has 1 atom stereocenters. The number of halogens is 1. The molecule has 156 valence electrons. The number of benzene rings is 1. The third-order valence-corrected chi connectivity index (χ3v) is 6.47. The van der Waals surface area contributed by atoms with Crippen LogP contribution >= 0.6 is 27.9 Å². The fourth-order valence-corrected chi connectivity index (χ4v) is 5.05. The van der Waals surface area contributed by atoms with E-state index in [1.165, 1.54) is 6.42 Å². The predicted molar refractivity (Wildman–Crippen MR) is 130 cm³/mol. The van der Waals surface area contributed by atoms with E-state index in [0.29, 0.717) is 11.4 Å². The zero-order valence-electron chi connectivity index (χ0n) is 17.5. The van der Waals surface area contributed by atoms with Gasteiger partial charge in [0.2, 0.25) is 0 Å². The number of aromatic nitrogens is 2. The highest BCUT2D eigenvalue weighted by atomic mass is 79.9. The van der Waals surface area contributed by atoms with Crippen molar-refractivity contribution in [2.24, 2.45) is 0 Å². The summed E-state index contributed by atoms with van der Waals surface area (Å²) in [5.41, 5.74) is 1.64. The molecule has 1 saturated heterocycles. The van der Waals surface area contributed by atoms with Crippen LogP contribution in [-0.4, -0.2) is 39.2 Å². The second-order valence-electron chi connectivity index (χ2n) is 6.96. The molecule has 1 fully saturated rings. The van der Waals surface area contributed by atoms with Gasteiger partial charge in [-0.3, -0.25) is 4.79 Å². The lowest BCUT2D eigenvalue weighted by Gasteiger charge is -2.32. The van der Waals surface area contributed by atoms with Crippen LogP contribution in [0, 0.1) is 6.92 Å². The van der Waals surface area contributed by atoms with E-state index in [1.807, 2.05) is 50.9 Å². The van der Waals surface area contributed by atoms with Crippen molar-refractivity contribution in [1.82, 2.24) is 14.3 Å². The number of hydrogen-bond acceptors (Lipinski definition) is 5. The Morgan fingerprint density at radius 1 is 1.34 bits per heavy atom. The molecule has 0 saturated carbocycles. The summed E-state index contributed by atoms with van der Waals surface area (Å²) in [4.78, 5) is 20.3. The van der Waals surface area contributed by atoms with E-state index in [1.54, 1.807) is 6.20 Å². The molecule has 0 bridgehead atoms. The average Bonchev–Trinajstić information content (AvgIpc) is 2.72. The Labute approximate surface area is 184 Å². The van der Waals surface area contributed by atoms with E-state index in [9.17, 15) is 4.79 Å². The van der Waals surface area contributed by atoms with Gasteiger partial charge in [0, 0.05) is 46.3 Å². The molecule has 1 aromatic carbocycles. The molecule has 1 unspecified atom stereocenters. The molecular formula is C22H29BrN4OS. The van der Waals surface area contributed by atoms with Crippen molar-refractivity contribution in [3.8, 4) is 0 Å². The van der Waals surface area contributed by atoms with Crippen LogP contribution in [0.4, 0.5) is 5.82 Å². The number of aromatic amines is 1. The molecule has 29 heavy (non-hydrogen) atoms. The van der Waals surface area contributed by atoms with Gasteiger partial charge in [0.1, 0.15) is 5.82 Å². The first kappa shape index (κ1) is 22.1. The quantitative estimate of drug-likeness (QED) is 0.372. The van der Waals surface area contributed by atoms with E-state index < -0.39 is 0 Å². The number of aryl methyl sites for hydroxylation is 1. The number of nitrogens with zero attached hydrogens (tertiary/aromatic N) is 2. The summed E-state index contributed by atoms with van der Waals surface area (Å²) in [6.07, 6.45) is 4.05. The Balaban J connectivity index is 0.00000117. The summed E-state index contributed by atoms with van der Waals surface area (Å²) < 4.78 is 3.40. The first-order valence-corrected chi connectivity index (χ1v) is 12.1. The van der Waals surface area contributed by atoms with Crippen molar-refractivity contribution in [3.63, 3.8) is 0 Å². The van der Waals surface area contributed by atoms with Crippen LogP contribution in [0.2, 0.25) is 0 Å². The summed E-state index contributed by atoms with van der Waals surface area (Å²) >= 11 is 5.45. The molecular weight excluding hydrogens is 448 g/mol. The van der Waals surface area contributed by atoms with Crippen LogP contribution in [0.3, 0.4) is 0 Å². The van der Waals surface area contributed by atoms with Crippen LogP contribution in [0.25, 0.3) is 21.7 Å². The summed E-state index contributed by atoms with van der Waals surface area (Å²) in [6.45, 7) is 10.3. The molecule has 1 aliphatic rings. The van der Waals surface area contributed by atoms with Crippen molar-refractivity contribution in [3.05, 3.63) is 44.8 Å². The van der Waals surface area contributed by atoms with Gasteiger partial charge < -0.3 is 10.3 Å². The minimum Gasteiger partial charge on any atom is -0.365 e. The average molecular weight is 477 g/mol. The van der Waals surface area contributed by atoms with Gasteiger partial charge in [-0.05, 0) is 43.5 Å². The minimum atomic E-state index is -0.0964. The number of rotatable bonds is 4. The van der Waals surface area contributed by atoms with Gasteiger partial charge in [-0.15, -0.1) is 0 Å². The molecule has 0 spiro atoms. The molecule has 0 radical (unpaired) electrons. The molecule has 0 aliphatic carbocycles. The second-order valence-corrected chi connectivity index (χ2v) is 9.23. The molecule has 2 aromatic heterocycles. The first-order chi connectivity index (χ1) is 14.1. The molecule has 5 nitrogen and oxygen atoms in total. The topological polar surface area (TPSA) is 61.0 Å². The van der Waals surface area contributed by atoms with Crippen LogP contribution in [0.1, 0.15) is 39.2 Å². The largest absolute Gasteiger partial charge is 0.365 e. The fourth-order valence-electron chi connectivity index (χ4n) is 3.78. The number of pyridine rings is 2. The van der Waals surface area contributed by atoms with Crippen molar-refractivity contribution in [2.75, 3.05) is 24.2 Å². The van der Waals surface area contributed by atoms with Gasteiger partial charge in [-0.1, -0.05) is 48.6 Å². The molecule has 3 heterocycles. The standard InChI is InChI=1S/C20H23BrN4OS.C2H6/c1-3-27-25-8-4-5-14(11-25)23-19-15-7-6-13(21)9-16(15)17-18(24-19)12(2)10-22-20(17)26;1-2/h6-7,9-10,14H,3-5,8,11H2,1-2H3,(H,22,26)(H,23,24);1-2H3. The Morgan fingerprint density at radius 3 is 2.90 bits per heavy atom. The highest BCUT2D eigenvalue weighted by Gasteiger charge is 2.22. The van der Waals surface area contributed by atoms with Crippen molar-refractivity contribution < 1.29 is 0 Å². The number of hydrogen-bond donors (Lipinski definition) is 2. The zero-order valence-corrected chi connectivity index (χ0v) is 19.9. The van der Waals surface area contributed by atoms with E-state index >= 15 is 0 Å². The lowest BCUT2D eigenvalue weighted by molar-refractivity contribution is 0.356. The molecule has 1 aliphatic heterocycles. The third kappa shape index (κ3) is 4.78. The SMILES string of the molecule is CC.CCSN1CCCC(Nc2nc3c(C)c[nH]c(=O)c3c3cc(Br)ccc23)C1. The molecule has 3 aromatic rings. The normalized spacial score (nSPS) is 17.2. The van der Waals surface area contributed by atoms with Gasteiger partial charge in [0.25, 0.3) is 5.56 Å². The summed E-state index contributed by atoms with van der Waals surface area (Å²) in [7, 11) is 0. The highest BCUT2D eigenvalue weighted by Crippen LogP contribution is 2.32. The van der Waals surface area contributed by atoms with Crippen LogP contribution in [-0.2, 0) is 0 Å². The van der Waals surface area contributed by atoms with Gasteiger partial charge >= 0.3 is 0 Å². The second kappa shape index (κ2) is 9.96. The van der Waals surface area contributed by atoms with Crippen molar-refractivity contribution >= 4 is 55.4 Å². The van der Waals surface area contributed by atoms with Crippen molar-refractivity contribution in [2.45, 2.75) is 46.6 Å². The number of nitrogens with one attached hydrogen (secondary N) is 2. The minimum absolute atomic E-state index is 0.0964. The Morgan fingerprint density at radius 2 is 2.14 bits per heavy atom. The predicted octanol–water partition coefficient (Wildman–Crippen LogP) is 5.72. The summed E-state index contributed by atoms with van der Waals surface area (Å²) in [5, 5.41) is 6.25. The highest BCUT2D eigenvalue weighted by molar-refractivity contribution is 9.10. The van der Waals surface area contributed by atoms with E-state index in [0.717, 1.165) is 57.4 Å². The first-order valence-electron chi connectivity index (χ1n) is 10.3. The van der Waals surface area contributed by atoms with Gasteiger partial charge in [0.05, 0.1) is 10.9 Å². The fraction of sp³-hybridized carbons (Fsp3) is 0.455. The van der Waals surface area contributed by atoms with E-state index in [2.05, 4.69) is 37.5 Å². The van der Waals surface area contributed by atoms with E-state index in [4.69, 9.17) is 4.98 Å².